The fourth-order valence-corrected chi connectivity index (χ4v) is 1.25. The summed E-state index contributed by atoms with van der Waals surface area (Å²) in [5, 5.41) is 2.77. The third kappa shape index (κ3) is 3.34. The van der Waals surface area contributed by atoms with Gasteiger partial charge in [0.2, 0.25) is 5.91 Å². The molecule has 0 unspecified atom stereocenters. The molecular formula is C11H16N2O2. The average molecular weight is 208 g/mol. The van der Waals surface area contributed by atoms with E-state index in [4.69, 9.17) is 10.5 Å². The minimum atomic E-state index is -0.158. The third-order valence-corrected chi connectivity index (χ3v) is 2.09. The number of carbonyl (C=O) groups excluding carboxylic acids is 1. The van der Waals surface area contributed by atoms with E-state index in [1.165, 1.54) is 7.11 Å². The van der Waals surface area contributed by atoms with E-state index < -0.39 is 0 Å². The Bertz CT molecular complexity index is 350. The predicted octanol–water partition coefficient (Wildman–Crippen LogP) is 1.04. The monoisotopic (exact) mass is 208 g/mol. The number of nitrogens with one attached hydrogen (secondary N) is 1. The summed E-state index contributed by atoms with van der Waals surface area (Å²) in [4.78, 5) is 11.3. The summed E-state index contributed by atoms with van der Waals surface area (Å²) >= 11 is 0. The highest BCUT2D eigenvalue weighted by Crippen LogP contribution is 2.16. The van der Waals surface area contributed by atoms with Crippen molar-refractivity contribution in [2.75, 3.05) is 19.0 Å². The third-order valence-electron chi connectivity index (χ3n) is 2.09. The maximum atomic E-state index is 11.3. The molecule has 82 valence electrons. The lowest BCUT2D eigenvalue weighted by molar-refractivity contribution is -0.119. The van der Waals surface area contributed by atoms with Crippen LogP contribution in [0.25, 0.3) is 0 Å². The summed E-state index contributed by atoms with van der Waals surface area (Å²) in [5.41, 5.74) is 8.32. The molecule has 1 amide bonds. The number of nitrogens with two attached hydrogens (primary N) is 1. The van der Waals surface area contributed by atoms with Gasteiger partial charge in [-0.15, -0.1) is 0 Å². The van der Waals surface area contributed by atoms with Gasteiger partial charge in [0.05, 0.1) is 0 Å². The molecule has 0 atom stereocenters. The number of benzene rings is 1. The van der Waals surface area contributed by atoms with Crippen molar-refractivity contribution in [3.05, 3.63) is 29.3 Å². The highest BCUT2D eigenvalue weighted by molar-refractivity contribution is 5.92. The molecule has 0 aromatic heterocycles. The molecule has 0 radical (unpaired) electrons. The Balaban J connectivity index is 2.79. The van der Waals surface area contributed by atoms with Crippen LogP contribution in [0.1, 0.15) is 11.1 Å². The van der Waals surface area contributed by atoms with Crippen LogP contribution in [0.2, 0.25) is 0 Å². The normalized spacial score (nSPS) is 10.1. The van der Waals surface area contributed by atoms with E-state index in [0.717, 1.165) is 16.8 Å². The summed E-state index contributed by atoms with van der Waals surface area (Å²) in [7, 11) is 1.49. The van der Waals surface area contributed by atoms with Crippen LogP contribution >= 0.6 is 0 Å². The first-order chi connectivity index (χ1) is 7.17. The second kappa shape index (κ2) is 5.48. The molecule has 0 saturated heterocycles. The van der Waals surface area contributed by atoms with Crippen LogP contribution in [-0.4, -0.2) is 19.6 Å². The fraction of sp³-hybridized carbons (Fsp3) is 0.364. The van der Waals surface area contributed by atoms with Gasteiger partial charge in [-0.05, 0) is 24.1 Å². The Labute approximate surface area is 89.4 Å². The van der Waals surface area contributed by atoms with Crippen molar-refractivity contribution >= 4 is 11.6 Å². The molecule has 0 aliphatic rings. The standard InChI is InChI=1S/C11H16N2O2/c1-8-3-4-9(6-12)5-10(8)13-11(14)7-15-2/h3-5H,6-7,12H2,1-2H3,(H,13,14). The number of rotatable bonds is 4. The average Bonchev–Trinajstić information content (AvgIpc) is 2.21. The van der Waals surface area contributed by atoms with E-state index in [0.29, 0.717) is 6.54 Å². The smallest absolute Gasteiger partial charge is 0.250 e. The number of anilines is 1. The maximum absolute atomic E-state index is 11.3. The molecule has 0 aliphatic carbocycles. The van der Waals surface area contributed by atoms with Crippen molar-refractivity contribution in [3.63, 3.8) is 0 Å². The zero-order chi connectivity index (χ0) is 11.3. The topological polar surface area (TPSA) is 64.3 Å². The second-order valence-electron chi connectivity index (χ2n) is 3.33. The zero-order valence-corrected chi connectivity index (χ0v) is 9.04. The van der Waals surface area contributed by atoms with Crippen LogP contribution in [0, 0.1) is 6.92 Å². The van der Waals surface area contributed by atoms with Crippen molar-refractivity contribution in [2.45, 2.75) is 13.5 Å². The van der Waals surface area contributed by atoms with E-state index in [1.54, 1.807) is 0 Å². The van der Waals surface area contributed by atoms with Gasteiger partial charge in [-0.25, -0.2) is 0 Å². The minimum Gasteiger partial charge on any atom is -0.375 e. The first-order valence-corrected chi connectivity index (χ1v) is 4.75. The highest BCUT2D eigenvalue weighted by atomic mass is 16.5. The lowest BCUT2D eigenvalue weighted by Gasteiger charge is -2.09. The highest BCUT2D eigenvalue weighted by Gasteiger charge is 2.04. The summed E-state index contributed by atoms with van der Waals surface area (Å²) in [6.45, 7) is 2.46. The number of hydrogen-bond donors (Lipinski definition) is 2. The number of amides is 1. The molecule has 1 rings (SSSR count). The fourth-order valence-electron chi connectivity index (χ4n) is 1.25. The van der Waals surface area contributed by atoms with Gasteiger partial charge in [-0.3, -0.25) is 4.79 Å². The number of ether oxygens (including phenoxy) is 1. The molecule has 0 heterocycles. The molecule has 0 saturated carbocycles. The second-order valence-corrected chi connectivity index (χ2v) is 3.33. The summed E-state index contributed by atoms with van der Waals surface area (Å²) in [6.07, 6.45) is 0. The van der Waals surface area contributed by atoms with Gasteiger partial charge in [0.25, 0.3) is 0 Å². The minimum absolute atomic E-state index is 0.0618. The first kappa shape index (κ1) is 11.7. The van der Waals surface area contributed by atoms with Crippen molar-refractivity contribution in [2.24, 2.45) is 5.73 Å². The molecule has 3 N–H and O–H groups in total. The van der Waals surface area contributed by atoms with Gasteiger partial charge in [-0.2, -0.15) is 0 Å². The van der Waals surface area contributed by atoms with E-state index >= 15 is 0 Å². The first-order valence-electron chi connectivity index (χ1n) is 4.75. The van der Waals surface area contributed by atoms with Gasteiger partial charge in [0.15, 0.2) is 0 Å². The van der Waals surface area contributed by atoms with E-state index in [-0.39, 0.29) is 12.5 Å². The Morgan fingerprint density at radius 2 is 2.27 bits per heavy atom. The molecule has 4 nitrogen and oxygen atoms in total. The zero-order valence-electron chi connectivity index (χ0n) is 9.04. The Kier molecular flexibility index (Phi) is 4.27. The van der Waals surface area contributed by atoms with Gasteiger partial charge >= 0.3 is 0 Å². The number of carbonyl (C=O) groups is 1. The quantitative estimate of drug-likeness (QED) is 0.777. The maximum Gasteiger partial charge on any atom is 0.250 e. The predicted molar refractivity (Wildman–Crippen MR) is 59.6 cm³/mol. The molecule has 0 spiro atoms. The largest absolute Gasteiger partial charge is 0.375 e. The van der Waals surface area contributed by atoms with Crippen LogP contribution in [0.4, 0.5) is 5.69 Å². The molecule has 0 fully saturated rings. The summed E-state index contributed by atoms with van der Waals surface area (Å²) in [6, 6.07) is 5.76. The van der Waals surface area contributed by atoms with Crippen molar-refractivity contribution in [3.8, 4) is 0 Å². The van der Waals surface area contributed by atoms with Gasteiger partial charge in [-0.1, -0.05) is 12.1 Å². The van der Waals surface area contributed by atoms with Crippen molar-refractivity contribution < 1.29 is 9.53 Å². The van der Waals surface area contributed by atoms with Crippen molar-refractivity contribution in [1.29, 1.82) is 0 Å². The molecule has 1 aromatic carbocycles. The SMILES string of the molecule is COCC(=O)Nc1cc(CN)ccc1C. The number of hydrogen-bond acceptors (Lipinski definition) is 3. The lowest BCUT2D eigenvalue weighted by Crippen LogP contribution is -2.18. The number of methoxy groups -OCH3 is 1. The number of aryl methyl sites for hydroxylation is 1. The Morgan fingerprint density at radius 1 is 1.53 bits per heavy atom. The molecule has 0 aliphatic heterocycles. The van der Waals surface area contributed by atoms with Crippen molar-refractivity contribution in [1.82, 2.24) is 0 Å². The van der Waals surface area contributed by atoms with Crippen LogP contribution in [-0.2, 0) is 16.1 Å². The summed E-state index contributed by atoms with van der Waals surface area (Å²) in [5.74, 6) is -0.158. The van der Waals surface area contributed by atoms with E-state index in [1.807, 2.05) is 25.1 Å². The molecular weight excluding hydrogens is 192 g/mol. The molecule has 1 aromatic rings. The molecule has 4 heteroatoms. The van der Waals surface area contributed by atoms with E-state index in [9.17, 15) is 4.79 Å². The molecule has 0 bridgehead atoms. The van der Waals surface area contributed by atoms with Crippen LogP contribution < -0.4 is 11.1 Å². The Morgan fingerprint density at radius 3 is 2.87 bits per heavy atom. The van der Waals surface area contributed by atoms with Crippen LogP contribution in [0.15, 0.2) is 18.2 Å². The van der Waals surface area contributed by atoms with Gasteiger partial charge in [0.1, 0.15) is 6.61 Å². The van der Waals surface area contributed by atoms with Crippen LogP contribution in [0.3, 0.4) is 0 Å². The van der Waals surface area contributed by atoms with Gasteiger partial charge in [0, 0.05) is 19.3 Å². The van der Waals surface area contributed by atoms with Gasteiger partial charge < -0.3 is 15.8 Å². The van der Waals surface area contributed by atoms with Crippen LogP contribution in [0.5, 0.6) is 0 Å². The molecule has 15 heavy (non-hydrogen) atoms. The Hall–Kier alpha value is -1.39. The summed E-state index contributed by atoms with van der Waals surface area (Å²) < 4.78 is 4.74. The lowest BCUT2D eigenvalue weighted by atomic mass is 10.1. The van der Waals surface area contributed by atoms with E-state index in [2.05, 4.69) is 5.32 Å².